The molecule has 10 heteroatoms. The second kappa shape index (κ2) is 7.16. The molecule has 1 rings (SSSR count). The molecule has 0 aliphatic rings. The summed E-state index contributed by atoms with van der Waals surface area (Å²) in [4.78, 5) is 23.2. The van der Waals surface area contributed by atoms with Crippen molar-refractivity contribution in [3.63, 3.8) is 0 Å². The van der Waals surface area contributed by atoms with E-state index in [9.17, 15) is 22.8 Å². The van der Waals surface area contributed by atoms with Gasteiger partial charge in [0, 0.05) is 7.11 Å². The largest absolute Gasteiger partial charge is 0.467 e. The van der Waals surface area contributed by atoms with Crippen LogP contribution in [0.4, 0.5) is 18.0 Å². The summed E-state index contributed by atoms with van der Waals surface area (Å²) in [5.41, 5.74) is -3.59. The van der Waals surface area contributed by atoms with Gasteiger partial charge in [-0.2, -0.15) is 13.2 Å². The smallest absolute Gasteiger partial charge is 0.448 e. The van der Waals surface area contributed by atoms with Crippen LogP contribution in [0, 0.1) is 0 Å². The minimum Gasteiger partial charge on any atom is -0.467 e. The molecule has 22 heavy (non-hydrogen) atoms. The van der Waals surface area contributed by atoms with E-state index in [0.29, 0.717) is 12.9 Å². The summed E-state index contributed by atoms with van der Waals surface area (Å²) in [6, 6.07) is 1.78. The maximum atomic E-state index is 13.1. The fraction of sp³-hybridized carbons (Fsp3) is 0.500. The first-order valence-corrected chi connectivity index (χ1v) is 6.14. The lowest BCUT2D eigenvalue weighted by molar-refractivity contribution is -0.277. The van der Waals surface area contributed by atoms with Crippen LogP contribution in [0.3, 0.4) is 0 Å². The summed E-state index contributed by atoms with van der Waals surface area (Å²) in [6.07, 6.45) is -3.88. The zero-order chi connectivity index (χ0) is 16.8. The van der Waals surface area contributed by atoms with Crippen LogP contribution in [0.15, 0.2) is 22.8 Å². The molecule has 0 spiro atoms. The van der Waals surface area contributed by atoms with Gasteiger partial charge in [0.05, 0.1) is 19.4 Å². The number of carbonyl (C=O) groups is 2. The van der Waals surface area contributed by atoms with Crippen molar-refractivity contribution >= 4 is 12.0 Å². The van der Waals surface area contributed by atoms with Crippen molar-refractivity contribution < 1.29 is 36.7 Å². The summed E-state index contributed by atoms with van der Waals surface area (Å²) in [6.45, 7) is 0.848. The van der Waals surface area contributed by atoms with Gasteiger partial charge >= 0.3 is 23.9 Å². The quantitative estimate of drug-likeness (QED) is 0.612. The molecule has 2 N–H and O–H groups in total. The molecule has 124 valence electrons. The number of nitrogens with one attached hydrogen (secondary N) is 2. The van der Waals surface area contributed by atoms with Crippen molar-refractivity contribution in [1.29, 1.82) is 0 Å². The van der Waals surface area contributed by atoms with Crippen molar-refractivity contribution in [3.8, 4) is 0 Å². The van der Waals surface area contributed by atoms with Crippen LogP contribution in [-0.2, 0) is 20.8 Å². The Labute approximate surface area is 123 Å². The number of amides is 2. The molecule has 2 amide bonds. The molecule has 1 aromatic heterocycles. The van der Waals surface area contributed by atoms with Gasteiger partial charge in [-0.25, -0.2) is 9.59 Å². The number of hydrogen-bond donors (Lipinski definition) is 2. The van der Waals surface area contributed by atoms with Gasteiger partial charge in [-0.15, -0.1) is 0 Å². The molecular weight excluding hydrogens is 309 g/mol. The van der Waals surface area contributed by atoms with Gasteiger partial charge in [0.25, 0.3) is 0 Å². The summed E-state index contributed by atoms with van der Waals surface area (Å²) >= 11 is 0. The Morgan fingerprint density at radius 2 is 2.05 bits per heavy atom. The Balaban J connectivity index is 2.83. The van der Waals surface area contributed by atoms with Gasteiger partial charge in [-0.3, -0.25) is 5.32 Å². The molecule has 0 bridgehead atoms. The topological polar surface area (TPSA) is 89.8 Å². The van der Waals surface area contributed by atoms with E-state index >= 15 is 0 Å². The summed E-state index contributed by atoms with van der Waals surface area (Å²) < 4.78 is 52.9. The van der Waals surface area contributed by atoms with Gasteiger partial charge in [0.1, 0.15) is 5.76 Å². The highest BCUT2D eigenvalue weighted by Gasteiger charge is 2.64. The fourth-order valence-corrected chi connectivity index (χ4v) is 1.51. The molecule has 1 unspecified atom stereocenters. The van der Waals surface area contributed by atoms with Crippen molar-refractivity contribution in [3.05, 3.63) is 24.2 Å². The first-order valence-electron chi connectivity index (χ1n) is 6.14. The third-order valence-electron chi connectivity index (χ3n) is 2.56. The van der Waals surface area contributed by atoms with Gasteiger partial charge < -0.3 is 19.2 Å². The first-order chi connectivity index (χ1) is 10.3. The average Bonchev–Trinajstić information content (AvgIpc) is 2.94. The molecule has 0 aliphatic heterocycles. The number of methoxy groups -OCH3 is 1. The summed E-state index contributed by atoms with van der Waals surface area (Å²) in [5.74, 6) is -1.44. The Bertz CT molecular complexity index is 503. The number of furan rings is 1. The zero-order valence-corrected chi connectivity index (χ0v) is 11.8. The lowest BCUT2D eigenvalue weighted by Crippen LogP contribution is -2.67. The van der Waals surface area contributed by atoms with Gasteiger partial charge in [0.2, 0.25) is 0 Å². The predicted molar refractivity (Wildman–Crippen MR) is 66.5 cm³/mol. The summed E-state index contributed by atoms with van der Waals surface area (Å²) in [7, 11) is 0.636. The second-order valence-electron chi connectivity index (χ2n) is 3.99. The molecule has 1 aromatic rings. The predicted octanol–water partition coefficient (Wildman–Crippen LogP) is 1.55. The molecule has 1 heterocycles. The number of halogens is 3. The van der Waals surface area contributed by atoms with Crippen LogP contribution >= 0.6 is 0 Å². The van der Waals surface area contributed by atoms with Crippen molar-refractivity contribution in [1.82, 2.24) is 10.6 Å². The molecule has 0 saturated heterocycles. The van der Waals surface area contributed by atoms with Crippen LogP contribution in [0.25, 0.3) is 0 Å². The fourth-order valence-electron chi connectivity index (χ4n) is 1.51. The lowest BCUT2D eigenvalue weighted by Gasteiger charge is -2.32. The number of rotatable bonds is 6. The molecule has 0 aliphatic carbocycles. The molecule has 0 fully saturated rings. The van der Waals surface area contributed by atoms with Crippen LogP contribution in [-0.4, -0.2) is 37.6 Å². The Morgan fingerprint density at radius 3 is 2.50 bits per heavy atom. The van der Waals surface area contributed by atoms with E-state index in [1.54, 1.807) is 6.07 Å². The number of ether oxygens (including phenoxy) is 2. The van der Waals surface area contributed by atoms with E-state index < -0.39 is 23.9 Å². The number of alkyl halides is 3. The third-order valence-corrected chi connectivity index (χ3v) is 2.56. The van der Waals surface area contributed by atoms with Crippen LogP contribution in [0.5, 0.6) is 0 Å². The van der Waals surface area contributed by atoms with E-state index in [2.05, 4.69) is 14.8 Å². The molecule has 0 saturated carbocycles. The number of urea groups is 1. The van der Waals surface area contributed by atoms with Crippen LogP contribution in [0.2, 0.25) is 0 Å². The maximum Gasteiger partial charge on any atom is 0.448 e. The van der Waals surface area contributed by atoms with Crippen molar-refractivity contribution in [2.45, 2.75) is 25.4 Å². The molecule has 0 radical (unpaired) electrons. The zero-order valence-electron chi connectivity index (χ0n) is 11.8. The summed E-state index contributed by atoms with van der Waals surface area (Å²) in [5, 5.41) is 3.57. The van der Waals surface area contributed by atoms with E-state index in [1.807, 2.05) is 0 Å². The number of esters is 1. The highest BCUT2D eigenvalue weighted by atomic mass is 19.4. The third kappa shape index (κ3) is 3.91. The lowest BCUT2D eigenvalue weighted by atomic mass is 10.2. The Morgan fingerprint density at radius 1 is 1.36 bits per heavy atom. The molecule has 7 nitrogen and oxygen atoms in total. The molecular formula is C12H15F3N2O5. The van der Waals surface area contributed by atoms with Crippen molar-refractivity contribution in [2.24, 2.45) is 0 Å². The van der Waals surface area contributed by atoms with E-state index in [0.717, 1.165) is 0 Å². The molecule has 1 atom stereocenters. The normalized spacial score (nSPS) is 14.0. The van der Waals surface area contributed by atoms with Gasteiger partial charge in [-0.05, 0) is 19.1 Å². The maximum absolute atomic E-state index is 13.1. The second-order valence-corrected chi connectivity index (χ2v) is 3.99. The number of hydrogen-bond acceptors (Lipinski definition) is 5. The van der Waals surface area contributed by atoms with Crippen molar-refractivity contribution in [2.75, 3.05) is 13.7 Å². The monoisotopic (exact) mass is 324 g/mol. The Kier molecular flexibility index (Phi) is 5.80. The number of carbonyl (C=O) groups excluding carboxylic acids is 2. The minimum absolute atomic E-state index is 0.167. The average molecular weight is 324 g/mol. The van der Waals surface area contributed by atoms with E-state index in [4.69, 9.17) is 4.42 Å². The molecule has 0 aromatic carbocycles. The highest BCUT2D eigenvalue weighted by Crippen LogP contribution is 2.32. The highest BCUT2D eigenvalue weighted by molar-refractivity contribution is 5.87. The van der Waals surface area contributed by atoms with Gasteiger partial charge in [-0.1, -0.05) is 0 Å². The van der Waals surface area contributed by atoms with Crippen LogP contribution < -0.4 is 10.6 Å². The first kappa shape index (κ1) is 17.8. The van der Waals surface area contributed by atoms with E-state index in [1.165, 1.54) is 24.6 Å². The van der Waals surface area contributed by atoms with Crippen LogP contribution in [0.1, 0.15) is 12.7 Å². The Hall–Kier alpha value is -2.23. The van der Waals surface area contributed by atoms with E-state index in [-0.39, 0.29) is 13.2 Å². The van der Waals surface area contributed by atoms with Gasteiger partial charge in [0.15, 0.2) is 0 Å². The SMILES string of the molecule is CCOC(=O)C(NC(=O)NCc1ccco1)(OC)C(F)(F)F. The minimum atomic E-state index is -5.21. The standard InChI is InChI=1S/C12H15F3N2O5/c1-3-21-9(18)11(20-2,12(13,14)15)17-10(19)16-7-8-5-4-6-22-8/h4-6H,3,7H2,1-2H3,(H2,16,17,19).